The monoisotopic (exact) mass is 343 g/mol. The predicted molar refractivity (Wildman–Crippen MR) is 97.1 cm³/mol. The molecule has 0 aliphatic carbocycles. The van der Waals surface area contributed by atoms with Gasteiger partial charge in [0.05, 0.1) is 12.0 Å². The van der Waals surface area contributed by atoms with Crippen molar-refractivity contribution in [1.29, 1.82) is 0 Å². The highest BCUT2D eigenvalue weighted by molar-refractivity contribution is 5.96. The Balaban J connectivity index is 2.05. The van der Waals surface area contributed by atoms with Crippen LogP contribution in [-0.4, -0.2) is 54.2 Å². The maximum absolute atomic E-state index is 12.4. The molecule has 0 bridgehead atoms. The van der Waals surface area contributed by atoms with Crippen molar-refractivity contribution in [3.63, 3.8) is 0 Å². The van der Waals surface area contributed by atoms with Crippen molar-refractivity contribution in [2.75, 3.05) is 38.3 Å². The summed E-state index contributed by atoms with van der Waals surface area (Å²) in [6.07, 6.45) is 3.51. The number of carbonyl (C=O) groups is 1. The third-order valence-corrected chi connectivity index (χ3v) is 4.42. The van der Waals surface area contributed by atoms with Gasteiger partial charge < -0.3 is 15.0 Å². The van der Waals surface area contributed by atoms with Gasteiger partial charge in [0.15, 0.2) is 5.65 Å². The van der Waals surface area contributed by atoms with E-state index in [9.17, 15) is 4.79 Å². The second-order valence-electron chi connectivity index (χ2n) is 6.45. The maximum Gasteiger partial charge on any atom is 0.289 e. The number of hydrogen-bond acceptors (Lipinski definition) is 6. The zero-order chi connectivity index (χ0) is 17.8. The number of carbonyl (C=O) groups excluding carboxylic acids is 1. The molecule has 0 unspecified atom stereocenters. The summed E-state index contributed by atoms with van der Waals surface area (Å²) in [7, 11) is 1.60. The first-order valence-corrected chi connectivity index (χ1v) is 8.78. The van der Waals surface area contributed by atoms with Crippen LogP contribution in [0, 0.1) is 13.8 Å². The SMILES string of the molecule is COCCNC(=O)c1nc(N2CCCCC2)c2c(C)cc(C)nc2n1. The molecule has 1 N–H and O–H groups in total. The molecule has 7 heteroatoms. The van der Waals surface area contributed by atoms with Crippen LogP contribution in [0.1, 0.15) is 41.1 Å². The van der Waals surface area contributed by atoms with Gasteiger partial charge in [-0.1, -0.05) is 0 Å². The van der Waals surface area contributed by atoms with E-state index >= 15 is 0 Å². The summed E-state index contributed by atoms with van der Waals surface area (Å²) in [5.74, 6) is 0.700. The summed E-state index contributed by atoms with van der Waals surface area (Å²) in [5, 5.41) is 3.73. The molecule has 1 aliphatic heterocycles. The molecule has 25 heavy (non-hydrogen) atoms. The number of ether oxygens (including phenoxy) is 1. The second kappa shape index (κ2) is 7.74. The minimum absolute atomic E-state index is 0.168. The predicted octanol–water partition coefficient (Wildman–Crippen LogP) is 2.01. The van der Waals surface area contributed by atoms with Gasteiger partial charge in [-0.3, -0.25) is 4.79 Å². The number of aromatic nitrogens is 3. The number of nitrogens with one attached hydrogen (secondary N) is 1. The topological polar surface area (TPSA) is 80.2 Å². The number of piperidine rings is 1. The van der Waals surface area contributed by atoms with E-state index in [1.54, 1.807) is 7.11 Å². The zero-order valence-corrected chi connectivity index (χ0v) is 15.1. The third kappa shape index (κ3) is 3.87. The largest absolute Gasteiger partial charge is 0.383 e. The van der Waals surface area contributed by atoms with Crippen molar-refractivity contribution in [1.82, 2.24) is 20.3 Å². The van der Waals surface area contributed by atoms with Gasteiger partial charge in [0.1, 0.15) is 5.82 Å². The van der Waals surface area contributed by atoms with Gasteiger partial charge >= 0.3 is 0 Å². The summed E-state index contributed by atoms with van der Waals surface area (Å²) >= 11 is 0. The third-order valence-electron chi connectivity index (χ3n) is 4.42. The van der Waals surface area contributed by atoms with Crippen LogP contribution in [0.2, 0.25) is 0 Å². The fraction of sp³-hybridized carbons (Fsp3) is 0.556. The summed E-state index contributed by atoms with van der Waals surface area (Å²) in [5.41, 5.74) is 2.57. The molecular weight excluding hydrogens is 318 g/mol. The fourth-order valence-electron chi connectivity index (χ4n) is 3.24. The average molecular weight is 343 g/mol. The van der Waals surface area contributed by atoms with Gasteiger partial charge in [0.25, 0.3) is 5.91 Å². The van der Waals surface area contributed by atoms with Crippen molar-refractivity contribution in [2.45, 2.75) is 33.1 Å². The summed E-state index contributed by atoms with van der Waals surface area (Å²) in [4.78, 5) is 28.3. The Hall–Kier alpha value is -2.28. The van der Waals surface area contributed by atoms with Crippen LogP contribution < -0.4 is 10.2 Å². The van der Waals surface area contributed by atoms with Crippen LogP contribution in [0.25, 0.3) is 11.0 Å². The van der Waals surface area contributed by atoms with Gasteiger partial charge in [-0.25, -0.2) is 15.0 Å². The Bertz CT molecular complexity index is 772. The molecule has 1 aliphatic rings. The van der Waals surface area contributed by atoms with Crippen molar-refractivity contribution in [3.8, 4) is 0 Å². The first kappa shape index (κ1) is 17.5. The van der Waals surface area contributed by atoms with Gasteiger partial charge in [0, 0.05) is 32.4 Å². The highest BCUT2D eigenvalue weighted by atomic mass is 16.5. The molecule has 2 aromatic heterocycles. The lowest BCUT2D eigenvalue weighted by Gasteiger charge is -2.29. The molecule has 0 atom stereocenters. The number of hydrogen-bond donors (Lipinski definition) is 1. The number of rotatable bonds is 5. The maximum atomic E-state index is 12.4. The molecule has 3 heterocycles. The van der Waals surface area contributed by atoms with E-state index in [0.717, 1.165) is 48.4 Å². The molecule has 2 aromatic rings. The van der Waals surface area contributed by atoms with Crippen LogP contribution in [0.3, 0.4) is 0 Å². The lowest BCUT2D eigenvalue weighted by molar-refractivity contribution is 0.0927. The van der Waals surface area contributed by atoms with E-state index in [0.29, 0.717) is 18.8 Å². The Kier molecular flexibility index (Phi) is 5.43. The van der Waals surface area contributed by atoms with Crippen LogP contribution in [0.5, 0.6) is 0 Å². The average Bonchev–Trinajstić information content (AvgIpc) is 2.61. The van der Waals surface area contributed by atoms with E-state index in [1.165, 1.54) is 6.42 Å². The number of anilines is 1. The fourth-order valence-corrected chi connectivity index (χ4v) is 3.24. The standard InChI is InChI=1S/C18H25N5O2/c1-12-11-13(2)20-15-14(12)17(23-8-5-4-6-9-23)22-16(21-15)18(24)19-7-10-25-3/h11H,4-10H2,1-3H3,(H,19,24). The lowest BCUT2D eigenvalue weighted by atomic mass is 10.1. The van der Waals surface area contributed by atoms with Gasteiger partial charge in [-0.05, 0) is 44.7 Å². The number of amides is 1. The van der Waals surface area contributed by atoms with Crippen molar-refractivity contribution in [2.24, 2.45) is 0 Å². The molecular formula is C18H25N5O2. The highest BCUT2D eigenvalue weighted by Gasteiger charge is 2.21. The normalized spacial score (nSPS) is 14.8. The van der Waals surface area contributed by atoms with Crippen LogP contribution in [-0.2, 0) is 4.74 Å². The second-order valence-corrected chi connectivity index (χ2v) is 6.45. The first-order valence-electron chi connectivity index (χ1n) is 8.78. The quantitative estimate of drug-likeness (QED) is 0.837. The van der Waals surface area contributed by atoms with Crippen LogP contribution >= 0.6 is 0 Å². The van der Waals surface area contributed by atoms with E-state index in [4.69, 9.17) is 4.74 Å². The number of fused-ring (bicyclic) bond motifs is 1. The molecule has 0 saturated carbocycles. The van der Waals surface area contributed by atoms with Crippen molar-refractivity contribution >= 4 is 22.8 Å². The summed E-state index contributed by atoms with van der Waals surface area (Å²) < 4.78 is 4.97. The van der Waals surface area contributed by atoms with Crippen LogP contribution in [0.15, 0.2) is 6.07 Å². The Morgan fingerprint density at radius 3 is 2.68 bits per heavy atom. The molecule has 3 rings (SSSR count). The molecule has 7 nitrogen and oxygen atoms in total. The molecule has 0 radical (unpaired) electrons. The lowest BCUT2D eigenvalue weighted by Crippen LogP contribution is -2.33. The Labute approximate surface area is 147 Å². The highest BCUT2D eigenvalue weighted by Crippen LogP contribution is 2.28. The van der Waals surface area contributed by atoms with Crippen LogP contribution in [0.4, 0.5) is 5.82 Å². The minimum atomic E-state index is -0.293. The minimum Gasteiger partial charge on any atom is -0.383 e. The van der Waals surface area contributed by atoms with Gasteiger partial charge in [0.2, 0.25) is 5.82 Å². The Morgan fingerprint density at radius 2 is 1.96 bits per heavy atom. The van der Waals surface area contributed by atoms with E-state index < -0.39 is 0 Å². The summed E-state index contributed by atoms with van der Waals surface area (Å²) in [6, 6.07) is 2.04. The number of aryl methyl sites for hydroxylation is 2. The van der Waals surface area contributed by atoms with E-state index in [1.807, 2.05) is 19.9 Å². The van der Waals surface area contributed by atoms with Gasteiger partial charge in [-0.2, -0.15) is 0 Å². The molecule has 1 amide bonds. The molecule has 0 aromatic carbocycles. The van der Waals surface area contributed by atoms with E-state index in [2.05, 4.69) is 25.2 Å². The number of nitrogens with zero attached hydrogens (tertiary/aromatic N) is 4. The van der Waals surface area contributed by atoms with E-state index in [-0.39, 0.29) is 11.7 Å². The molecule has 1 fully saturated rings. The zero-order valence-electron chi connectivity index (χ0n) is 15.1. The first-order chi connectivity index (χ1) is 12.1. The van der Waals surface area contributed by atoms with Crippen molar-refractivity contribution < 1.29 is 9.53 Å². The van der Waals surface area contributed by atoms with Gasteiger partial charge in [-0.15, -0.1) is 0 Å². The molecule has 1 saturated heterocycles. The molecule has 134 valence electrons. The number of pyridine rings is 1. The molecule has 0 spiro atoms. The Morgan fingerprint density at radius 1 is 1.20 bits per heavy atom. The smallest absolute Gasteiger partial charge is 0.289 e. The number of methoxy groups -OCH3 is 1. The van der Waals surface area contributed by atoms with Crippen molar-refractivity contribution in [3.05, 3.63) is 23.1 Å². The summed E-state index contributed by atoms with van der Waals surface area (Å²) in [6.45, 7) is 6.76.